The van der Waals surface area contributed by atoms with Crippen LogP contribution in [0.5, 0.6) is 0 Å². The first-order valence-corrected chi connectivity index (χ1v) is 5.94. The van der Waals surface area contributed by atoms with E-state index in [-0.39, 0.29) is 11.7 Å². The first kappa shape index (κ1) is 14.6. The van der Waals surface area contributed by atoms with Crippen LogP contribution in [0.25, 0.3) is 0 Å². The van der Waals surface area contributed by atoms with Crippen LogP contribution in [0.15, 0.2) is 24.3 Å². The first-order chi connectivity index (χ1) is 8.52. The predicted molar refractivity (Wildman–Crippen MR) is 71.1 cm³/mol. The molecule has 4 N–H and O–H groups in total. The van der Waals surface area contributed by atoms with E-state index in [1.54, 1.807) is 12.1 Å². The summed E-state index contributed by atoms with van der Waals surface area (Å²) in [6.07, 6.45) is 0. The number of non-ortho nitro benzene ring substituents is 1. The molecule has 1 unspecified atom stereocenters. The number of nitrogens with two attached hydrogens (primary N) is 2. The molecule has 0 aliphatic rings. The Hall–Kier alpha value is -1.50. The number of nitro benzene ring substituents is 1. The maximum Gasteiger partial charge on any atom is 0.269 e. The van der Waals surface area contributed by atoms with Crippen molar-refractivity contribution in [2.24, 2.45) is 11.5 Å². The lowest BCUT2D eigenvalue weighted by Gasteiger charge is -2.23. The van der Waals surface area contributed by atoms with E-state index in [1.807, 2.05) is 6.92 Å². The second-order valence-electron chi connectivity index (χ2n) is 4.42. The molecule has 0 aliphatic heterocycles. The Kier molecular flexibility index (Phi) is 5.70. The standard InChI is InChI=1S/C12H20N4O2/c1-10(14)8-15(7-6-13)9-11-2-4-12(5-3-11)16(17)18/h2-5,10H,6-9,13-14H2,1H3. The Morgan fingerprint density at radius 2 is 2.00 bits per heavy atom. The molecule has 0 saturated heterocycles. The van der Waals surface area contributed by atoms with Gasteiger partial charge in [0, 0.05) is 44.4 Å². The van der Waals surface area contributed by atoms with Crippen LogP contribution >= 0.6 is 0 Å². The predicted octanol–water partition coefficient (Wildman–Crippen LogP) is 0.703. The molecule has 1 atom stereocenters. The second-order valence-corrected chi connectivity index (χ2v) is 4.42. The second kappa shape index (κ2) is 7.05. The zero-order valence-corrected chi connectivity index (χ0v) is 10.6. The van der Waals surface area contributed by atoms with Crippen molar-refractivity contribution in [1.29, 1.82) is 0 Å². The molecule has 1 rings (SSSR count). The van der Waals surface area contributed by atoms with Gasteiger partial charge in [-0.25, -0.2) is 0 Å². The quantitative estimate of drug-likeness (QED) is 0.550. The van der Waals surface area contributed by atoms with Gasteiger partial charge in [0.2, 0.25) is 0 Å². The SMILES string of the molecule is CC(N)CN(CCN)Cc1ccc([N+](=O)[O-])cc1. The summed E-state index contributed by atoms with van der Waals surface area (Å²) in [6, 6.07) is 6.64. The van der Waals surface area contributed by atoms with Gasteiger partial charge in [0.15, 0.2) is 0 Å². The molecule has 6 heteroatoms. The Labute approximate surface area is 107 Å². The van der Waals surface area contributed by atoms with E-state index in [4.69, 9.17) is 11.5 Å². The van der Waals surface area contributed by atoms with Crippen molar-refractivity contribution < 1.29 is 4.92 Å². The summed E-state index contributed by atoms with van der Waals surface area (Å²) in [7, 11) is 0. The van der Waals surface area contributed by atoms with Crippen LogP contribution in [0.2, 0.25) is 0 Å². The number of benzene rings is 1. The third-order valence-electron chi connectivity index (χ3n) is 2.54. The van der Waals surface area contributed by atoms with Gasteiger partial charge in [-0.05, 0) is 12.5 Å². The monoisotopic (exact) mass is 252 g/mol. The van der Waals surface area contributed by atoms with Crippen molar-refractivity contribution in [1.82, 2.24) is 4.90 Å². The highest BCUT2D eigenvalue weighted by atomic mass is 16.6. The molecule has 0 aliphatic carbocycles. The minimum absolute atomic E-state index is 0.0783. The Balaban J connectivity index is 2.65. The molecule has 100 valence electrons. The third kappa shape index (κ3) is 4.79. The first-order valence-electron chi connectivity index (χ1n) is 5.94. The molecular weight excluding hydrogens is 232 g/mol. The Morgan fingerprint density at radius 3 is 2.44 bits per heavy atom. The van der Waals surface area contributed by atoms with E-state index in [0.717, 1.165) is 18.7 Å². The minimum Gasteiger partial charge on any atom is -0.329 e. The lowest BCUT2D eigenvalue weighted by molar-refractivity contribution is -0.384. The number of hydrogen-bond donors (Lipinski definition) is 2. The summed E-state index contributed by atoms with van der Waals surface area (Å²) >= 11 is 0. The molecule has 0 aromatic heterocycles. The summed E-state index contributed by atoms with van der Waals surface area (Å²) in [5.74, 6) is 0. The lowest BCUT2D eigenvalue weighted by atomic mass is 10.2. The fourth-order valence-electron chi connectivity index (χ4n) is 1.81. The summed E-state index contributed by atoms with van der Waals surface area (Å²) in [6.45, 7) is 4.74. The summed E-state index contributed by atoms with van der Waals surface area (Å²) in [5.41, 5.74) is 12.5. The van der Waals surface area contributed by atoms with Gasteiger partial charge in [0.05, 0.1) is 4.92 Å². The number of rotatable bonds is 7. The fraction of sp³-hybridized carbons (Fsp3) is 0.500. The van der Waals surface area contributed by atoms with Crippen molar-refractivity contribution in [2.45, 2.75) is 19.5 Å². The molecule has 0 spiro atoms. The lowest BCUT2D eigenvalue weighted by Crippen LogP contribution is -2.38. The van der Waals surface area contributed by atoms with Gasteiger partial charge in [-0.1, -0.05) is 12.1 Å². The van der Waals surface area contributed by atoms with Gasteiger partial charge >= 0.3 is 0 Å². The molecule has 0 bridgehead atoms. The van der Waals surface area contributed by atoms with Crippen LogP contribution in [0, 0.1) is 10.1 Å². The van der Waals surface area contributed by atoms with E-state index >= 15 is 0 Å². The van der Waals surface area contributed by atoms with Crippen LogP contribution in [0.1, 0.15) is 12.5 Å². The van der Waals surface area contributed by atoms with E-state index in [2.05, 4.69) is 4.90 Å². The van der Waals surface area contributed by atoms with Crippen LogP contribution < -0.4 is 11.5 Å². The molecule has 1 aromatic rings. The van der Waals surface area contributed by atoms with Crippen molar-refractivity contribution in [3.8, 4) is 0 Å². The van der Waals surface area contributed by atoms with Crippen molar-refractivity contribution >= 4 is 5.69 Å². The highest BCUT2D eigenvalue weighted by molar-refractivity contribution is 5.32. The third-order valence-corrected chi connectivity index (χ3v) is 2.54. The summed E-state index contributed by atoms with van der Waals surface area (Å²) < 4.78 is 0. The smallest absolute Gasteiger partial charge is 0.269 e. The van der Waals surface area contributed by atoms with E-state index < -0.39 is 4.92 Å². The van der Waals surface area contributed by atoms with Gasteiger partial charge < -0.3 is 11.5 Å². The maximum absolute atomic E-state index is 10.5. The van der Waals surface area contributed by atoms with Crippen LogP contribution in [-0.2, 0) is 6.54 Å². The molecule has 0 amide bonds. The summed E-state index contributed by atoms with van der Waals surface area (Å²) in [5, 5.41) is 10.5. The van der Waals surface area contributed by atoms with Crippen LogP contribution in [0.3, 0.4) is 0 Å². The molecule has 18 heavy (non-hydrogen) atoms. The molecule has 0 radical (unpaired) electrons. The number of nitro groups is 1. The van der Waals surface area contributed by atoms with E-state index in [1.165, 1.54) is 12.1 Å². The van der Waals surface area contributed by atoms with Gasteiger partial charge in [-0.15, -0.1) is 0 Å². The fourth-order valence-corrected chi connectivity index (χ4v) is 1.81. The van der Waals surface area contributed by atoms with Crippen molar-refractivity contribution in [2.75, 3.05) is 19.6 Å². The van der Waals surface area contributed by atoms with Crippen molar-refractivity contribution in [3.05, 3.63) is 39.9 Å². The van der Waals surface area contributed by atoms with Gasteiger partial charge in [-0.2, -0.15) is 0 Å². The number of nitrogens with zero attached hydrogens (tertiary/aromatic N) is 2. The van der Waals surface area contributed by atoms with Crippen molar-refractivity contribution in [3.63, 3.8) is 0 Å². The summed E-state index contributed by atoms with van der Waals surface area (Å²) in [4.78, 5) is 12.3. The van der Waals surface area contributed by atoms with Crippen LogP contribution in [-0.4, -0.2) is 35.5 Å². The number of hydrogen-bond acceptors (Lipinski definition) is 5. The topological polar surface area (TPSA) is 98.4 Å². The van der Waals surface area contributed by atoms with Gasteiger partial charge in [-0.3, -0.25) is 15.0 Å². The Morgan fingerprint density at radius 1 is 1.39 bits per heavy atom. The molecule has 0 saturated carbocycles. The van der Waals surface area contributed by atoms with Gasteiger partial charge in [0.25, 0.3) is 5.69 Å². The average molecular weight is 252 g/mol. The highest BCUT2D eigenvalue weighted by Gasteiger charge is 2.09. The maximum atomic E-state index is 10.5. The average Bonchev–Trinajstić information content (AvgIpc) is 2.29. The van der Waals surface area contributed by atoms with Crippen LogP contribution in [0.4, 0.5) is 5.69 Å². The minimum atomic E-state index is -0.399. The molecular formula is C12H20N4O2. The van der Waals surface area contributed by atoms with E-state index in [9.17, 15) is 10.1 Å². The van der Waals surface area contributed by atoms with Gasteiger partial charge in [0.1, 0.15) is 0 Å². The molecule has 6 nitrogen and oxygen atoms in total. The molecule has 0 fully saturated rings. The highest BCUT2D eigenvalue weighted by Crippen LogP contribution is 2.13. The Bertz CT molecular complexity index is 378. The zero-order chi connectivity index (χ0) is 13.5. The largest absolute Gasteiger partial charge is 0.329 e. The van der Waals surface area contributed by atoms with E-state index in [0.29, 0.717) is 13.1 Å². The molecule has 0 heterocycles. The normalized spacial score (nSPS) is 12.7. The molecule has 1 aromatic carbocycles. The zero-order valence-electron chi connectivity index (χ0n) is 10.6.